The van der Waals surface area contributed by atoms with Crippen molar-refractivity contribution in [2.24, 2.45) is 17.3 Å². The average Bonchev–Trinajstić information content (AvgIpc) is 3.55. The van der Waals surface area contributed by atoms with E-state index in [-0.39, 0.29) is 23.3 Å². The van der Waals surface area contributed by atoms with Crippen LogP contribution in [0.3, 0.4) is 0 Å². The lowest BCUT2D eigenvalue weighted by molar-refractivity contribution is -0.126. The number of para-hydroxylation sites is 1. The van der Waals surface area contributed by atoms with E-state index in [2.05, 4.69) is 70.5 Å². The van der Waals surface area contributed by atoms with Crippen LogP contribution in [0, 0.1) is 17.3 Å². The topological polar surface area (TPSA) is 61.6 Å². The van der Waals surface area contributed by atoms with Gasteiger partial charge in [-0.25, -0.2) is 0 Å². The van der Waals surface area contributed by atoms with Crippen molar-refractivity contribution in [3.05, 3.63) is 47.9 Å². The fourth-order valence-electron chi connectivity index (χ4n) is 5.04. The highest BCUT2D eigenvalue weighted by molar-refractivity contribution is 5.81. The van der Waals surface area contributed by atoms with Gasteiger partial charge < -0.3 is 14.7 Å². The first kappa shape index (κ1) is 20.6. The minimum Gasteiger partial charge on any atom is -0.369 e. The summed E-state index contributed by atoms with van der Waals surface area (Å²) in [6.45, 7) is 9.50. The van der Waals surface area contributed by atoms with Crippen LogP contribution in [0.5, 0.6) is 0 Å². The van der Waals surface area contributed by atoms with Gasteiger partial charge in [-0.05, 0) is 49.1 Å². The molecule has 1 aromatic heterocycles. The van der Waals surface area contributed by atoms with Gasteiger partial charge in [0.15, 0.2) is 5.76 Å². The summed E-state index contributed by atoms with van der Waals surface area (Å²) >= 11 is 0. The van der Waals surface area contributed by atoms with Crippen LogP contribution in [-0.4, -0.2) is 48.2 Å². The Hall–Kier alpha value is -2.34. The number of hydrogen-bond donors (Lipinski definition) is 1. The van der Waals surface area contributed by atoms with Crippen LogP contribution in [0.4, 0.5) is 5.69 Å². The molecule has 0 unspecified atom stereocenters. The zero-order chi connectivity index (χ0) is 21.4. The van der Waals surface area contributed by atoms with Crippen LogP contribution in [-0.2, 0) is 17.8 Å². The second-order valence-corrected chi connectivity index (χ2v) is 10.2. The van der Waals surface area contributed by atoms with Crippen LogP contribution >= 0.6 is 0 Å². The van der Waals surface area contributed by atoms with Crippen LogP contribution in [0.15, 0.2) is 40.9 Å². The van der Waals surface area contributed by atoms with Crippen molar-refractivity contribution >= 4 is 11.6 Å². The molecule has 6 heteroatoms. The first-order valence-corrected chi connectivity index (χ1v) is 11.8. The quantitative estimate of drug-likeness (QED) is 0.740. The molecular weight excluding hydrogens is 388 g/mol. The van der Waals surface area contributed by atoms with E-state index in [1.165, 1.54) is 5.69 Å². The Labute approximate surface area is 185 Å². The Bertz CT molecular complexity index is 897. The monoisotopic (exact) mass is 422 g/mol. The summed E-state index contributed by atoms with van der Waals surface area (Å²) < 4.78 is 5.67. The van der Waals surface area contributed by atoms with E-state index in [1.807, 2.05) is 0 Å². The molecule has 166 valence electrons. The number of benzene rings is 1. The Morgan fingerprint density at radius 1 is 1.16 bits per heavy atom. The summed E-state index contributed by atoms with van der Waals surface area (Å²) in [5.41, 5.74) is 2.46. The summed E-state index contributed by atoms with van der Waals surface area (Å²) in [5, 5.41) is 7.62. The van der Waals surface area contributed by atoms with Gasteiger partial charge in [-0.1, -0.05) is 37.2 Å². The third kappa shape index (κ3) is 4.49. The van der Waals surface area contributed by atoms with E-state index in [0.29, 0.717) is 5.92 Å². The number of piperazine rings is 1. The fraction of sp³-hybridized carbons (Fsp3) is 0.600. The molecule has 6 nitrogen and oxygen atoms in total. The number of carbonyl (C=O) groups is 1. The molecule has 1 N–H and O–H groups in total. The highest BCUT2D eigenvalue weighted by Crippen LogP contribution is 2.48. The van der Waals surface area contributed by atoms with Crippen LogP contribution in [0.25, 0.3) is 0 Å². The van der Waals surface area contributed by atoms with Crippen molar-refractivity contribution < 1.29 is 9.32 Å². The van der Waals surface area contributed by atoms with Crippen molar-refractivity contribution in [1.82, 2.24) is 15.4 Å². The second kappa shape index (κ2) is 8.30. The first-order valence-electron chi connectivity index (χ1n) is 11.8. The minimum atomic E-state index is 0.109. The summed E-state index contributed by atoms with van der Waals surface area (Å²) in [6, 6.07) is 13.1. The number of carbonyl (C=O) groups excluding carboxylic acids is 1. The van der Waals surface area contributed by atoms with Gasteiger partial charge in [-0.15, -0.1) is 0 Å². The van der Waals surface area contributed by atoms with Crippen LogP contribution in [0.2, 0.25) is 0 Å². The number of aromatic nitrogens is 1. The van der Waals surface area contributed by atoms with Crippen molar-refractivity contribution in [2.45, 2.75) is 52.1 Å². The Balaban J connectivity index is 1.09. The maximum absolute atomic E-state index is 12.1. The largest absolute Gasteiger partial charge is 0.369 e. The number of amides is 1. The maximum Gasteiger partial charge on any atom is 0.223 e. The second-order valence-electron chi connectivity index (χ2n) is 10.2. The lowest BCUT2D eigenvalue weighted by Crippen LogP contribution is -2.59. The standard InChI is InChI=1S/C25H34N4O2/c1-25(2)19(15-23(25)26-24(30)18-8-9-18)14-20-16-22(31-27-20)17-28-10-12-29(13-11-28)21-6-4-3-5-7-21/h3-7,16,18-19,23H,8-15,17H2,1-2H3,(H,26,30)/t19-,23+/m1/s1. The Morgan fingerprint density at radius 3 is 2.58 bits per heavy atom. The van der Waals surface area contributed by atoms with Crippen molar-refractivity contribution in [2.75, 3.05) is 31.1 Å². The van der Waals surface area contributed by atoms with Crippen LogP contribution < -0.4 is 10.2 Å². The van der Waals surface area contributed by atoms with Crippen molar-refractivity contribution in [3.8, 4) is 0 Å². The summed E-state index contributed by atoms with van der Waals surface area (Å²) in [4.78, 5) is 17.0. The lowest BCUT2D eigenvalue weighted by Gasteiger charge is -2.52. The number of nitrogens with one attached hydrogen (secondary N) is 1. The molecule has 2 saturated carbocycles. The molecule has 2 aromatic rings. The zero-order valence-corrected chi connectivity index (χ0v) is 18.7. The van der Waals surface area contributed by atoms with E-state index in [4.69, 9.17) is 4.52 Å². The normalized spacial score (nSPS) is 25.8. The lowest BCUT2D eigenvalue weighted by atomic mass is 9.57. The van der Waals surface area contributed by atoms with E-state index < -0.39 is 0 Å². The molecule has 1 aliphatic heterocycles. The van der Waals surface area contributed by atoms with Gasteiger partial charge in [0.1, 0.15) is 0 Å². The molecule has 1 saturated heterocycles. The van der Waals surface area contributed by atoms with Gasteiger partial charge in [-0.2, -0.15) is 0 Å². The molecule has 0 radical (unpaired) electrons. The van der Waals surface area contributed by atoms with Crippen molar-refractivity contribution in [3.63, 3.8) is 0 Å². The molecule has 2 heterocycles. The summed E-state index contributed by atoms with van der Waals surface area (Å²) in [7, 11) is 0. The highest BCUT2D eigenvalue weighted by Gasteiger charge is 2.49. The maximum atomic E-state index is 12.1. The highest BCUT2D eigenvalue weighted by atomic mass is 16.5. The number of rotatable bonds is 7. The third-order valence-corrected chi connectivity index (χ3v) is 7.67. The molecule has 1 aromatic carbocycles. The Morgan fingerprint density at radius 2 is 1.90 bits per heavy atom. The predicted octanol–water partition coefficient (Wildman–Crippen LogP) is 3.48. The van der Waals surface area contributed by atoms with Gasteiger partial charge >= 0.3 is 0 Å². The van der Waals surface area contributed by atoms with Gasteiger partial charge in [-0.3, -0.25) is 9.69 Å². The molecular formula is C25H34N4O2. The van der Waals surface area contributed by atoms with Gasteiger partial charge in [0.05, 0.1) is 12.2 Å². The molecule has 2 atom stereocenters. The van der Waals surface area contributed by atoms with Gasteiger partial charge in [0, 0.05) is 49.9 Å². The van der Waals surface area contributed by atoms with Crippen LogP contribution in [0.1, 0.15) is 44.6 Å². The SMILES string of the molecule is CC1(C)[C@H](Cc2cc(CN3CCN(c4ccccc4)CC3)on2)C[C@@H]1NC(=O)C1CC1. The minimum absolute atomic E-state index is 0.109. The molecule has 5 rings (SSSR count). The predicted molar refractivity (Wildman–Crippen MR) is 121 cm³/mol. The first-order chi connectivity index (χ1) is 15.0. The fourth-order valence-corrected chi connectivity index (χ4v) is 5.04. The van der Waals surface area contributed by atoms with Crippen molar-refractivity contribution in [1.29, 1.82) is 0 Å². The molecule has 2 aliphatic carbocycles. The molecule has 0 spiro atoms. The zero-order valence-electron chi connectivity index (χ0n) is 18.7. The third-order valence-electron chi connectivity index (χ3n) is 7.67. The molecule has 3 fully saturated rings. The number of nitrogens with zero attached hydrogens (tertiary/aromatic N) is 3. The summed E-state index contributed by atoms with van der Waals surface area (Å²) in [5.74, 6) is 2.03. The van der Waals surface area contributed by atoms with E-state index in [0.717, 1.165) is 69.9 Å². The number of anilines is 1. The van der Waals surface area contributed by atoms with E-state index in [1.54, 1.807) is 0 Å². The van der Waals surface area contributed by atoms with Gasteiger partial charge in [0.2, 0.25) is 5.91 Å². The van der Waals surface area contributed by atoms with Gasteiger partial charge in [0.25, 0.3) is 0 Å². The average molecular weight is 423 g/mol. The molecule has 0 bridgehead atoms. The Kier molecular flexibility index (Phi) is 5.51. The smallest absolute Gasteiger partial charge is 0.223 e. The van der Waals surface area contributed by atoms with E-state index in [9.17, 15) is 4.79 Å². The van der Waals surface area contributed by atoms with E-state index >= 15 is 0 Å². The molecule has 1 amide bonds. The number of hydrogen-bond acceptors (Lipinski definition) is 5. The summed E-state index contributed by atoms with van der Waals surface area (Å²) in [6.07, 6.45) is 4.08. The molecule has 3 aliphatic rings. The molecule has 31 heavy (non-hydrogen) atoms.